The van der Waals surface area contributed by atoms with Gasteiger partial charge in [0.15, 0.2) is 0 Å². The highest BCUT2D eigenvalue weighted by molar-refractivity contribution is 7.88. The summed E-state index contributed by atoms with van der Waals surface area (Å²) >= 11 is 0. The monoisotopic (exact) mass is 390 g/mol. The van der Waals surface area contributed by atoms with Crippen molar-refractivity contribution in [2.24, 2.45) is 0 Å². The van der Waals surface area contributed by atoms with Gasteiger partial charge < -0.3 is 14.7 Å². The third-order valence-electron chi connectivity index (χ3n) is 4.59. The maximum atomic E-state index is 12.8. The van der Waals surface area contributed by atoms with Gasteiger partial charge in [0, 0.05) is 37.9 Å². The van der Waals surface area contributed by atoms with Crippen molar-refractivity contribution >= 4 is 21.7 Å². The number of sulfonamides is 1. The molecule has 0 unspecified atom stereocenters. The van der Waals surface area contributed by atoms with Crippen LogP contribution in [0.5, 0.6) is 5.75 Å². The van der Waals surface area contributed by atoms with Crippen LogP contribution in [0.15, 0.2) is 48.5 Å². The number of nitrogens with zero attached hydrogens (tertiary/aromatic N) is 2. The summed E-state index contributed by atoms with van der Waals surface area (Å²) in [6.07, 6.45) is 0. The number of methoxy groups -OCH3 is 1. The smallest absolute Gasteiger partial charge is 0.338 e. The molecule has 0 aliphatic carbocycles. The molecule has 2 aromatic rings. The number of rotatable bonds is 5. The first kappa shape index (κ1) is 19.2. The van der Waals surface area contributed by atoms with E-state index >= 15 is 0 Å². The molecule has 144 valence electrons. The van der Waals surface area contributed by atoms with Gasteiger partial charge in [0.2, 0.25) is 10.0 Å². The van der Waals surface area contributed by atoms with Crippen LogP contribution in [0, 0.1) is 0 Å². The third kappa shape index (κ3) is 4.40. The predicted octanol–water partition coefficient (Wildman–Crippen LogP) is 1.83. The molecule has 7 nitrogen and oxygen atoms in total. The summed E-state index contributed by atoms with van der Waals surface area (Å²) in [5.41, 5.74) is 1.56. The highest BCUT2D eigenvalue weighted by atomic mass is 32.2. The van der Waals surface area contributed by atoms with Crippen LogP contribution < -0.4 is 4.90 Å². The number of esters is 1. The summed E-state index contributed by atoms with van der Waals surface area (Å²) in [5.74, 6) is -0.610. The standard InChI is InChI=1S/C19H22N2O5S/c1-26-19(23)18-8-3-2-5-15(18)14-27(24,25)21-11-9-20(10-12-21)16-6-4-7-17(22)13-16/h2-8,13,22H,9-12,14H2,1H3. The molecule has 0 radical (unpaired) electrons. The summed E-state index contributed by atoms with van der Waals surface area (Å²) in [6.45, 7) is 1.75. The molecule has 0 amide bonds. The lowest BCUT2D eigenvalue weighted by atomic mass is 10.1. The number of aromatic hydroxyl groups is 1. The quantitative estimate of drug-likeness (QED) is 0.784. The van der Waals surface area contributed by atoms with Crippen molar-refractivity contribution in [3.63, 3.8) is 0 Å². The van der Waals surface area contributed by atoms with E-state index in [0.29, 0.717) is 31.7 Å². The lowest BCUT2D eigenvalue weighted by Gasteiger charge is -2.35. The molecule has 0 bridgehead atoms. The molecule has 1 aliphatic rings. The van der Waals surface area contributed by atoms with Gasteiger partial charge in [0.05, 0.1) is 18.4 Å². The molecule has 1 heterocycles. The Morgan fingerprint density at radius 2 is 1.78 bits per heavy atom. The first-order chi connectivity index (χ1) is 12.9. The van der Waals surface area contributed by atoms with E-state index in [2.05, 4.69) is 0 Å². The zero-order valence-corrected chi connectivity index (χ0v) is 15.9. The van der Waals surface area contributed by atoms with Gasteiger partial charge in [-0.15, -0.1) is 0 Å². The fourth-order valence-corrected chi connectivity index (χ4v) is 4.70. The third-order valence-corrected chi connectivity index (χ3v) is 6.42. The molecule has 1 aliphatic heterocycles. The molecular formula is C19H22N2O5S. The zero-order chi connectivity index (χ0) is 19.4. The van der Waals surface area contributed by atoms with Crippen molar-refractivity contribution in [2.45, 2.75) is 5.75 Å². The fourth-order valence-electron chi connectivity index (χ4n) is 3.16. The van der Waals surface area contributed by atoms with Crippen LogP contribution in [0.1, 0.15) is 15.9 Å². The second-order valence-corrected chi connectivity index (χ2v) is 8.28. The molecule has 1 fully saturated rings. The van der Waals surface area contributed by atoms with Crippen LogP contribution in [-0.4, -0.2) is 57.1 Å². The van der Waals surface area contributed by atoms with Gasteiger partial charge in [-0.2, -0.15) is 4.31 Å². The molecule has 0 atom stereocenters. The molecule has 27 heavy (non-hydrogen) atoms. The van der Waals surface area contributed by atoms with Gasteiger partial charge in [-0.25, -0.2) is 13.2 Å². The number of hydrogen-bond acceptors (Lipinski definition) is 6. The normalized spacial score (nSPS) is 15.5. The van der Waals surface area contributed by atoms with Gasteiger partial charge >= 0.3 is 5.97 Å². The first-order valence-electron chi connectivity index (χ1n) is 8.59. The highest BCUT2D eigenvalue weighted by Crippen LogP contribution is 2.23. The van der Waals surface area contributed by atoms with Gasteiger partial charge in [-0.3, -0.25) is 0 Å². The van der Waals surface area contributed by atoms with Crippen LogP contribution in [0.25, 0.3) is 0 Å². The predicted molar refractivity (Wildman–Crippen MR) is 102 cm³/mol. The van der Waals surface area contributed by atoms with Gasteiger partial charge in [-0.05, 0) is 23.8 Å². The Kier molecular flexibility index (Phi) is 5.67. The van der Waals surface area contributed by atoms with Crippen LogP contribution >= 0.6 is 0 Å². The summed E-state index contributed by atoms with van der Waals surface area (Å²) in [5, 5.41) is 9.61. The Morgan fingerprint density at radius 1 is 1.07 bits per heavy atom. The summed E-state index contributed by atoms with van der Waals surface area (Å²) in [7, 11) is -2.29. The topological polar surface area (TPSA) is 87.2 Å². The van der Waals surface area contributed by atoms with Crippen molar-refractivity contribution in [3.8, 4) is 5.75 Å². The van der Waals surface area contributed by atoms with Crippen molar-refractivity contribution < 1.29 is 23.1 Å². The minimum absolute atomic E-state index is 0.182. The average Bonchev–Trinajstić information content (AvgIpc) is 2.67. The molecule has 0 aromatic heterocycles. The Morgan fingerprint density at radius 3 is 2.44 bits per heavy atom. The number of piperazine rings is 1. The Balaban J connectivity index is 1.70. The molecule has 1 saturated heterocycles. The van der Waals surface area contributed by atoms with Crippen molar-refractivity contribution in [3.05, 3.63) is 59.7 Å². The number of benzene rings is 2. The Labute approximate surface area is 158 Å². The lowest BCUT2D eigenvalue weighted by molar-refractivity contribution is 0.0600. The van der Waals surface area contributed by atoms with Crippen molar-refractivity contribution in [1.29, 1.82) is 0 Å². The fraction of sp³-hybridized carbons (Fsp3) is 0.316. The Bertz CT molecular complexity index is 921. The van der Waals surface area contributed by atoms with Crippen LogP contribution in [0.3, 0.4) is 0 Å². The average molecular weight is 390 g/mol. The largest absolute Gasteiger partial charge is 0.508 e. The summed E-state index contributed by atoms with van der Waals surface area (Å²) in [4.78, 5) is 13.9. The van der Waals surface area contributed by atoms with E-state index in [9.17, 15) is 18.3 Å². The SMILES string of the molecule is COC(=O)c1ccccc1CS(=O)(=O)N1CCN(c2cccc(O)c2)CC1. The van der Waals surface area contributed by atoms with Gasteiger partial charge in [-0.1, -0.05) is 24.3 Å². The molecule has 8 heteroatoms. The number of phenolic OH excluding ortho intramolecular Hbond substituents is 1. The first-order valence-corrected chi connectivity index (χ1v) is 10.2. The van der Waals surface area contributed by atoms with E-state index in [0.717, 1.165) is 5.69 Å². The molecule has 0 spiro atoms. The second kappa shape index (κ2) is 7.98. The summed E-state index contributed by atoms with van der Waals surface area (Å²) in [6, 6.07) is 13.5. The minimum atomic E-state index is -3.56. The second-order valence-electron chi connectivity index (χ2n) is 6.31. The lowest BCUT2D eigenvalue weighted by Crippen LogP contribution is -2.49. The molecule has 2 aromatic carbocycles. The van der Waals surface area contributed by atoms with Gasteiger partial charge in [0.25, 0.3) is 0 Å². The molecule has 0 saturated carbocycles. The highest BCUT2D eigenvalue weighted by Gasteiger charge is 2.28. The zero-order valence-electron chi connectivity index (χ0n) is 15.0. The van der Waals surface area contributed by atoms with Crippen LogP contribution in [-0.2, 0) is 20.5 Å². The number of hydrogen-bond donors (Lipinski definition) is 1. The number of carbonyl (C=O) groups is 1. The van der Waals surface area contributed by atoms with E-state index in [-0.39, 0.29) is 17.1 Å². The van der Waals surface area contributed by atoms with E-state index in [1.807, 2.05) is 11.0 Å². The van der Waals surface area contributed by atoms with Gasteiger partial charge in [0.1, 0.15) is 5.75 Å². The van der Waals surface area contributed by atoms with E-state index in [1.54, 1.807) is 42.5 Å². The van der Waals surface area contributed by atoms with E-state index in [1.165, 1.54) is 11.4 Å². The Hall–Kier alpha value is -2.58. The van der Waals surface area contributed by atoms with Crippen molar-refractivity contribution in [2.75, 3.05) is 38.2 Å². The number of carbonyl (C=O) groups excluding carboxylic acids is 1. The molecule has 1 N–H and O–H groups in total. The van der Waals surface area contributed by atoms with Crippen molar-refractivity contribution in [1.82, 2.24) is 4.31 Å². The molecular weight excluding hydrogens is 368 g/mol. The minimum Gasteiger partial charge on any atom is -0.508 e. The number of anilines is 1. The van der Waals surface area contributed by atoms with Crippen LogP contribution in [0.4, 0.5) is 5.69 Å². The van der Waals surface area contributed by atoms with Crippen LogP contribution in [0.2, 0.25) is 0 Å². The van der Waals surface area contributed by atoms with E-state index < -0.39 is 16.0 Å². The maximum Gasteiger partial charge on any atom is 0.338 e. The maximum absolute atomic E-state index is 12.8. The number of phenols is 1. The summed E-state index contributed by atoms with van der Waals surface area (Å²) < 4.78 is 31.8. The molecule has 3 rings (SSSR count). The number of ether oxygens (including phenoxy) is 1. The van der Waals surface area contributed by atoms with E-state index in [4.69, 9.17) is 4.74 Å².